The minimum atomic E-state index is 0. The van der Waals surface area contributed by atoms with Crippen LogP contribution in [0.1, 0.15) is 36.3 Å². The summed E-state index contributed by atoms with van der Waals surface area (Å²) in [5.74, 6) is 0.910. The molecule has 1 fully saturated rings. The molecule has 1 heterocycles. The fourth-order valence-electron chi connectivity index (χ4n) is 3.46. The molecule has 20 heavy (non-hydrogen) atoms. The average molecular weight is 295 g/mol. The third-order valence-electron chi connectivity index (χ3n) is 4.60. The molecule has 0 radical (unpaired) electrons. The monoisotopic (exact) mass is 294 g/mol. The molecule has 1 amide bonds. The lowest BCUT2D eigenvalue weighted by atomic mass is 9.82. The van der Waals surface area contributed by atoms with Crippen molar-refractivity contribution in [2.45, 2.75) is 31.6 Å². The van der Waals surface area contributed by atoms with E-state index in [1.165, 1.54) is 11.1 Å². The molecule has 2 aliphatic rings. The van der Waals surface area contributed by atoms with Gasteiger partial charge in [-0.2, -0.15) is 0 Å². The molecule has 3 rings (SSSR count). The van der Waals surface area contributed by atoms with Crippen molar-refractivity contribution in [2.24, 2.45) is 11.7 Å². The lowest BCUT2D eigenvalue weighted by Crippen LogP contribution is -2.35. The molecule has 110 valence electrons. The van der Waals surface area contributed by atoms with E-state index in [4.69, 9.17) is 5.73 Å². The molecule has 0 spiro atoms. The van der Waals surface area contributed by atoms with Crippen molar-refractivity contribution in [2.75, 3.05) is 19.6 Å². The van der Waals surface area contributed by atoms with Crippen LogP contribution in [-0.4, -0.2) is 30.4 Å². The van der Waals surface area contributed by atoms with Gasteiger partial charge in [0.2, 0.25) is 5.91 Å². The molecule has 1 saturated heterocycles. The van der Waals surface area contributed by atoms with Gasteiger partial charge in [-0.3, -0.25) is 4.79 Å². The lowest BCUT2D eigenvalue weighted by Gasteiger charge is -2.28. The van der Waals surface area contributed by atoms with Crippen LogP contribution in [-0.2, 0) is 11.2 Å². The van der Waals surface area contributed by atoms with Crippen molar-refractivity contribution in [1.82, 2.24) is 4.90 Å². The summed E-state index contributed by atoms with van der Waals surface area (Å²) in [5, 5.41) is 0. The van der Waals surface area contributed by atoms with Crippen molar-refractivity contribution >= 4 is 18.3 Å². The Bertz CT molecular complexity index is 477. The van der Waals surface area contributed by atoms with Crippen molar-refractivity contribution in [3.8, 4) is 0 Å². The highest BCUT2D eigenvalue weighted by Crippen LogP contribution is 2.34. The Hall–Kier alpha value is -1.06. The van der Waals surface area contributed by atoms with Crippen LogP contribution in [0.4, 0.5) is 0 Å². The summed E-state index contributed by atoms with van der Waals surface area (Å²) in [7, 11) is 0. The summed E-state index contributed by atoms with van der Waals surface area (Å²) in [6, 6.07) is 8.43. The minimum Gasteiger partial charge on any atom is -0.342 e. The highest BCUT2D eigenvalue weighted by molar-refractivity contribution is 5.85. The summed E-state index contributed by atoms with van der Waals surface area (Å²) in [6.45, 7) is 2.44. The third kappa shape index (κ3) is 2.84. The number of amides is 1. The quantitative estimate of drug-likeness (QED) is 0.910. The maximum atomic E-state index is 12.7. The molecule has 4 heteroatoms. The van der Waals surface area contributed by atoms with Crippen LogP contribution >= 0.6 is 12.4 Å². The van der Waals surface area contributed by atoms with Crippen LogP contribution in [0, 0.1) is 5.92 Å². The highest BCUT2D eigenvalue weighted by Gasteiger charge is 2.33. The van der Waals surface area contributed by atoms with Crippen LogP contribution in [0.15, 0.2) is 24.3 Å². The first-order valence-corrected chi connectivity index (χ1v) is 7.36. The number of rotatable bonds is 2. The van der Waals surface area contributed by atoms with Gasteiger partial charge in [0.05, 0.1) is 5.92 Å². The van der Waals surface area contributed by atoms with E-state index in [1.807, 2.05) is 4.90 Å². The molecule has 1 aliphatic carbocycles. The molecule has 1 aromatic rings. The Labute approximate surface area is 126 Å². The van der Waals surface area contributed by atoms with Gasteiger partial charge in [-0.15, -0.1) is 12.4 Å². The van der Waals surface area contributed by atoms with Gasteiger partial charge >= 0.3 is 0 Å². The number of carbonyl (C=O) groups excluding carboxylic acids is 1. The van der Waals surface area contributed by atoms with Crippen LogP contribution in [0.2, 0.25) is 0 Å². The smallest absolute Gasteiger partial charge is 0.230 e. The lowest BCUT2D eigenvalue weighted by molar-refractivity contribution is -0.132. The number of benzene rings is 1. The van der Waals surface area contributed by atoms with E-state index in [-0.39, 0.29) is 18.3 Å². The molecule has 2 N–H and O–H groups in total. The zero-order valence-electron chi connectivity index (χ0n) is 11.8. The third-order valence-corrected chi connectivity index (χ3v) is 4.60. The molecule has 3 nitrogen and oxygen atoms in total. The average Bonchev–Trinajstić information content (AvgIpc) is 2.95. The van der Waals surface area contributed by atoms with E-state index in [2.05, 4.69) is 24.3 Å². The van der Waals surface area contributed by atoms with Gasteiger partial charge in [0.25, 0.3) is 0 Å². The summed E-state index contributed by atoms with van der Waals surface area (Å²) in [6.07, 6.45) is 4.31. The van der Waals surface area contributed by atoms with Crippen molar-refractivity contribution in [1.29, 1.82) is 0 Å². The number of nitrogens with zero attached hydrogens (tertiary/aromatic N) is 1. The van der Waals surface area contributed by atoms with Crippen LogP contribution < -0.4 is 5.73 Å². The van der Waals surface area contributed by atoms with E-state index < -0.39 is 0 Å². The molecule has 2 atom stereocenters. The second kappa shape index (κ2) is 6.59. The number of nitrogens with two attached hydrogens (primary N) is 1. The number of carbonyl (C=O) groups is 1. The number of hydrogen-bond acceptors (Lipinski definition) is 2. The molecule has 1 aromatic carbocycles. The summed E-state index contributed by atoms with van der Waals surface area (Å²) in [5.41, 5.74) is 8.34. The van der Waals surface area contributed by atoms with Gasteiger partial charge in [0, 0.05) is 13.1 Å². The van der Waals surface area contributed by atoms with Crippen LogP contribution in [0.5, 0.6) is 0 Å². The van der Waals surface area contributed by atoms with E-state index in [0.717, 1.165) is 38.8 Å². The molecule has 0 saturated carbocycles. The first-order chi connectivity index (χ1) is 9.29. The maximum absolute atomic E-state index is 12.7. The SMILES string of the molecule is Cl.NCC1CCN(C(=O)C2CCCc3ccccc32)C1. The Morgan fingerprint density at radius 1 is 1.30 bits per heavy atom. The van der Waals surface area contributed by atoms with Gasteiger partial charge in [-0.1, -0.05) is 24.3 Å². The predicted molar refractivity (Wildman–Crippen MR) is 83.1 cm³/mol. The number of likely N-dealkylation sites (tertiary alicyclic amines) is 1. The van der Waals surface area contributed by atoms with E-state index in [9.17, 15) is 4.79 Å². The van der Waals surface area contributed by atoms with Crippen LogP contribution in [0.25, 0.3) is 0 Å². The fourth-order valence-corrected chi connectivity index (χ4v) is 3.46. The molecule has 1 aliphatic heterocycles. The standard InChI is InChI=1S/C16H22N2O.ClH/c17-10-12-8-9-18(11-12)16(19)15-7-3-5-13-4-1-2-6-14(13)15;/h1-2,4,6,12,15H,3,5,7-11,17H2;1H. The Morgan fingerprint density at radius 2 is 2.10 bits per heavy atom. The zero-order chi connectivity index (χ0) is 13.2. The van der Waals surface area contributed by atoms with E-state index in [0.29, 0.717) is 18.4 Å². The van der Waals surface area contributed by atoms with E-state index >= 15 is 0 Å². The summed E-state index contributed by atoms with van der Waals surface area (Å²) < 4.78 is 0. The first-order valence-electron chi connectivity index (χ1n) is 7.36. The van der Waals surface area contributed by atoms with Crippen molar-refractivity contribution < 1.29 is 4.79 Å². The van der Waals surface area contributed by atoms with Gasteiger partial charge in [0.15, 0.2) is 0 Å². The molecule has 0 aromatic heterocycles. The van der Waals surface area contributed by atoms with Gasteiger partial charge in [0.1, 0.15) is 0 Å². The van der Waals surface area contributed by atoms with Gasteiger partial charge in [-0.25, -0.2) is 0 Å². The normalized spacial score (nSPS) is 24.9. The number of hydrogen-bond donors (Lipinski definition) is 1. The first kappa shape index (κ1) is 15.3. The highest BCUT2D eigenvalue weighted by atomic mass is 35.5. The van der Waals surface area contributed by atoms with E-state index in [1.54, 1.807) is 0 Å². The summed E-state index contributed by atoms with van der Waals surface area (Å²) >= 11 is 0. The number of fused-ring (bicyclic) bond motifs is 1. The number of aryl methyl sites for hydroxylation is 1. The second-order valence-electron chi connectivity index (χ2n) is 5.82. The maximum Gasteiger partial charge on any atom is 0.230 e. The molecule has 0 bridgehead atoms. The predicted octanol–water partition coefficient (Wildman–Crippen LogP) is 2.34. The topological polar surface area (TPSA) is 46.3 Å². The molecule has 2 unspecified atom stereocenters. The van der Waals surface area contributed by atoms with Crippen LogP contribution in [0.3, 0.4) is 0 Å². The van der Waals surface area contributed by atoms with Gasteiger partial charge in [-0.05, 0) is 49.3 Å². The Morgan fingerprint density at radius 3 is 2.85 bits per heavy atom. The largest absolute Gasteiger partial charge is 0.342 e. The fraction of sp³-hybridized carbons (Fsp3) is 0.562. The van der Waals surface area contributed by atoms with Crippen molar-refractivity contribution in [3.63, 3.8) is 0 Å². The minimum absolute atomic E-state index is 0. The van der Waals surface area contributed by atoms with Crippen molar-refractivity contribution in [3.05, 3.63) is 35.4 Å². The number of halogens is 1. The summed E-state index contributed by atoms with van der Waals surface area (Å²) in [4.78, 5) is 14.7. The molecular weight excluding hydrogens is 272 g/mol. The van der Waals surface area contributed by atoms with Gasteiger partial charge < -0.3 is 10.6 Å². The second-order valence-corrected chi connectivity index (χ2v) is 5.82. The Kier molecular flexibility index (Phi) is 5.06. The zero-order valence-corrected chi connectivity index (χ0v) is 12.6. The molecular formula is C16H23ClN2O. The Balaban J connectivity index is 0.00000147.